The van der Waals surface area contributed by atoms with Crippen molar-refractivity contribution in [3.63, 3.8) is 0 Å². The van der Waals surface area contributed by atoms with Crippen LogP contribution in [-0.2, 0) is 6.42 Å². The second-order valence-electron chi connectivity index (χ2n) is 5.31. The molecular weight excluding hydrogens is 216 g/mol. The molecule has 0 saturated heterocycles. The van der Waals surface area contributed by atoms with Crippen molar-refractivity contribution in [3.05, 3.63) is 29.3 Å². The summed E-state index contributed by atoms with van der Waals surface area (Å²) in [5, 5.41) is 0. The fourth-order valence-corrected chi connectivity index (χ4v) is 2.87. The van der Waals surface area contributed by atoms with Gasteiger partial charge in [-0.3, -0.25) is 4.79 Å². The molecule has 2 rings (SSSR count). The molecule has 0 bridgehead atoms. The summed E-state index contributed by atoms with van der Waals surface area (Å²) in [6.45, 7) is 6.49. The van der Waals surface area contributed by atoms with Gasteiger partial charge in [0, 0.05) is 12.0 Å². The second-order valence-corrected chi connectivity index (χ2v) is 9.74. The minimum Gasteiger partial charge on any atom is -0.544 e. The minimum atomic E-state index is -1.55. The minimum absolute atomic E-state index is 0.279. The summed E-state index contributed by atoms with van der Waals surface area (Å²) in [4.78, 5) is 11.6. The third-order valence-corrected chi connectivity index (χ3v) is 3.50. The van der Waals surface area contributed by atoms with Crippen LogP contribution in [-0.4, -0.2) is 14.1 Å². The van der Waals surface area contributed by atoms with Crippen LogP contribution in [0, 0.1) is 0 Å². The number of aryl methyl sites for hydroxylation is 1. The second kappa shape index (κ2) is 4.05. The Hall–Kier alpha value is -1.09. The first-order valence-corrected chi connectivity index (χ1v) is 9.22. The van der Waals surface area contributed by atoms with Crippen molar-refractivity contribution in [2.24, 2.45) is 0 Å². The molecule has 86 valence electrons. The molecule has 1 aliphatic carbocycles. The number of hydrogen-bond acceptors (Lipinski definition) is 2. The van der Waals surface area contributed by atoms with Gasteiger partial charge >= 0.3 is 0 Å². The first-order chi connectivity index (χ1) is 7.46. The molecule has 0 atom stereocenters. The summed E-state index contributed by atoms with van der Waals surface area (Å²) in [6, 6.07) is 5.90. The fraction of sp³-hybridized carbons (Fsp3) is 0.462. The lowest BCUT2D eigenvalue weighted by Gasteiger charge is -2.21. The third-order valence-electron chi connectivity index (χ3n) is 2.65. The summed E-state index contributed by atoms with van der Waals surface area (Å²) in [6.07, 6.45) is 2.67. The highest BCUT2D eigenvalue weighted by atomic mass is 28.4. The van der Waals surface area contributed by atoms with Crippen LogP contribution in [0.3, 0.4) is 0 Å². The first kappa shape index (κ1) is 11.4. The highest BCUT2D eigenvalue weighted by Gasteiger charge is 2.20. The van der Waals surface area contributed by atoms with E-state index >= 15 is 0 Å². The zero-order valence-electron chi connectivity index (χ0n) is 10.2. The highest BCUT2D eigenvalue weighted by molar-refractivity contribution is 6.70. The van der Waals surface area contributed by atoms with Crippen LogP contribution in [0.2, 0.25) is 19.6 Å². The van der Waals surface area contributed by atoms with E-state index in [1.807, 2.05) is 18.2 Å². The maximum absolute atomic E-state index is 11.6. The van der Waals surface area contributed by atoms with E-state index in [1.165, 1.54) is 0 Å². The summed E-state index contributed by atoms with van der Waals surface area (Å²) in [5.41, 5.74) is 2.06. The SMILES string of the molecule is C[Si](C)(C)Oc1ccc2c(c1)CCCC2=O. The van der Waals surface area contributed by atoms with Crippen molar-refractivity contribution < 1.29 is 9.22 Å². The van der Waals surface area contributed by atoms with E-state index in [0.29, 0.717) is 6.42 Å². The largest absolute Gasteiger partial charge is 0.544 e. The number of fused-ring (bicyclic) bond motifs is 1. The van der Waals surface area contributed by atoms with Gasteiger partial charge < -0.3 is 4.43 Å². The van der Waals surface area contributed by atoms with Crippen LogP contribution in [0.5, 0.6) is 5.75 Å². The molecule has 0 unspecified atom stereocenters. The van der Waals surface area contributed by atoms with Gasteiger partial charge in [-0.2, -0.15) is 0 Å². The average Bonchev–Trinajstić information content (AvgIpc) is 2.15. The molecule has 1 aliphatic rings. The van der Waals surface area contributed by atoms with Crippen LogP contribution < -0.4 is 4.43 Å². The van der Waals surface area contributed by atoms with Crippen molar-refractivity contribution >= 4 is 14.1 Å². The van der Waals surface area contributed by atoms with Gasteiger partial charge in [-0.1, -0.05) is 0 Å². The Morgan fingerprint density at radius 3 is 2.62 bits per heavy atom. The predicted molar refractivity (Wildman–Crippen MR) is 67.7 cm³/mol. The van der Waals surface area contributed by atoms with Gasteiger partial charge in [0.15, 0.2) is 5.78 Å². The number of carbonyl (C=O) groups is 1. The average molecular weight is 234 g/mol. The number of hydrogen-bond donors (Lipinski definition) is 0. The monoisotopic (exact) mass is 234 g/mol. The summed E-state index contributed by atoms with van der Waals surface area (Å²) in [7, 11) is -1.55. The van der Waals surface area contributed by atoms with E-state index in [0.717, 1.165) is 29.7 Å². The lowest BCUT2D eigenvalue weighted by Crippen LogP contribution is -2.29. The van der Waals surface area contributed by atoms with Crippen molar-refractivity contribution in [2.75, 3.05) is 0 Å². The molecule has 2 nitrogen and oxygen atoms in total. The molecule has 3 heteroatoms. The maximum Gasteiger partial charge on any atom is 0.242 e. The quantitative estimate of drug-likeness (QED) is 0.733. The number of ketones is 1. The summed E-state index contributed by atoms with van der Waals surface area (Å²) < 4.78 is 5.93. The van der Waals surface area contributed by atoms with E-state index in [9.17, 15) is 4.79 Å². The van der Waals surface area contributed by atoms with Gasteiger partial charge in [0.05, 0.1) is 0 Å². The molecule has 1 aromatic rings. The van der Waals surface area contributed by atoms with Gasteiger partial charge in [-0.05, 0) is 56.2 Å². The van der Waals surface area contributed by atoms with Crippen molar-refractivity contribution in [1.82, 2.24) is 0 Å². The molecule has 0 aliphatic heterocycles. The predicted octanol–water partition coefficient (Wildman–Crippen LogP) is 3.42. The lowest BCUT2D eigenvalue weighted by atomic mass is 9.91. The normalized spacial score (nSPS) is 15.8. The molecule has 16 heavy (non-hydrogen) atoms. The topological polar surface area (TPSA) is 26.3 Å². The molecule has 0 radical (unpaired) electrons. The van der Waals surface area contributed by atoms with Crippen LogP contribution >= 0.6 is 0 Å². The van der Waals surface area contributed by atoms with Gasteiger partial charge in [0.25, 0.3) is 0 Å². The standard InChI is InChI=1S/C13H18O2Si/c1-16(2,3)15-11-7-8-12-10(9-11)5-4-6-13(12)14/h7-9H,4-6H2,1-3H3. The van der Waals surface area contributed by atoms with Crippen molar-refractivity contribution in [1.29, 1.82) is 0 Å². The number of rotatable bonds is 2. The smallest absolute Gasteiger partial charge is 0.242 e. The van der Waals surface area contributed by atoms with E-state index in [-0.39, 0.29) is 5.78 Å². The zero-order chi connectivity index (χ0) is 11.8. The number of benzene rings is 1. The molecular formula is C13H18O2Si. The molecule has 0 fully saturated rings. The van der Waals surface area contributed by atoms with Crippen LogP contribution in [0.15, 0.2) is 18.2 Å². The molecule has 0 saturated carbocycles. The Labute approximate surface area is 97.8 Å². The molecule has 0 amide bonds. The molecule has 0 heterocycles. The molecule has 1 aromatic carbocycles. The Morgan fingerprint density at radius 2 is 1.94 bits per heavy atom. The third kappa shape index (κ3) is 2.53. The fourth-order valence-electron chi connectivity index (χ4n) is 2.04. The van der Waals surface area contributed by atoms with Crippen LogP contribution in [0.1, 0.15) is 28.8 Å². The Kier molecular flexibility index (Phi) is 2.89. The summed E-state index contributed by atoms with van der Waals surface area (Å²) in [5.74, 6) is 1.20. The highest BCUT2D eigenvalue weighted by Crippen LogP contribution is 2.26. The summed E-state index contributed by atoms with van der Waals surface area (Å²) >= 11 is 0. The van der Waals surface area contributed by atoms with Crippen LogP contribution in [0.4, 0.5) is 0 Å². The van der Waals surface area contributed by atoms with E-state index in [4.69, 9.17) is 4.43 Å². The van der Waals surface area contributed by atoms with Gasteiger partial charge in [0.2, 0.25) is 8.32 Å². The molecule has 0 N–H and O–H groups in total. The zero-order valence-corrected chi connectivity index (χ0v) is 11.2. The Bertz CT molecular complexity index is 418. The maximum atomic E-state index is 11.6. The van der Waals surface area contributed by atoms with Gasteiger partial charge in [-0.15, -0.1) is 0 Å². The van der Waals surface area contributed by atoms with E-state index in [1.54, 1.807) is 0 Å². The van der Waals surface area contributed by atoms with E-state index in [2.05, 4.69) is 19.6 Å². The molecule has 0 spiro atoms. The number of Topliss-reactive ketones (excluding diaryl/α,β-unsaturated/α-hetero) is 1. The van der Waals surface area contributed by atoms with Crippen molar-refractivity contribution in [3.8, 4) is 5.75 Å². The van der Waals surface area contributed by atoms with Gasteiger partial charge in [0.1, 0.15) is 5.75 Å². The van der Waals surface area contributed by atoms with Crippen molar-refractivity contribution in [2.45, 2.75) is 38.9 Å². The van der Waals surface area contributed by atoms with E-state index < -0.39 is 8.32 Å². The Balaban J connectivity index is 2.29. The van der Waals surface area contributed by atoms with Crippen LogP contribution in [0.25, 0.3) is 0 Å². The first-order valence-electron chi connectivity index (χ1n) is 5.81. The van der Waals surface area contributed by atoms with Gasteiger partial charge in [-0.25, -0.2) is 0 Å². The Morgan fingerprint density at radius 1 is 1.19 bits per heavy atom. The molecule has 0 aromatic heterocycles. The number of carbonyl (C=O) groups excluding carboxylic acids is 1. The lowest BCUT2D eigenvalue weighted by molar-refractivity contribution is 0.0972.